The number of amidine groups is 1. The van der Waals surface area contributed by atoms with E-state index in [1.807, 2.05) is 48.5 Å². The highest BCUT2D eigenvalue weighted by Crippen LogP contribution is 2.26. The van der Waals surface area contributed by atoms with Gasteiger partial charge in [0.1, 0.15) is 0 Å². The van der Waals surface area contributed by atoms with Crippen LogP contribution in [-0.4, -0.2) is 32.2 Å². The first kappa shape index (κ1) is 19.8. The van der Waals surface area contributed by atoms with Gasteiger partial charge in [0.25, 0.3) is 5.91 Å². The van der Waals surface area contributed by atoms with E-state index >= 15 is 0 Å². The lowest BCUT2D eigenvalue weighted by Crippen LogP contribution is -2.19. The normalized spacial score (nSPS) is 11.3. The number of amides is 1. The van der Waals surface area contributed by atoms with Crippen molar-refractivity contribution in [3.8, 4) is 11.5 Å². The second kappa shape index (κ2) is 9.85. The number of rotatable bonds is 6. The Labute approximate surface area is 169 Å². The van der Waals surface area contributed by atoms with Gasteiger partial charge in [-0.15, -0.1) is 0 Å². The van der Waals surface area contributed by atoms with Crippen LogP contribution in [0, 0.1) is 0 Å². The maximum atomic E-state index is 12.3. The second-order valence-electron chi connectivity index (χ2n) is 5.98. The van der Waals surface area contributed by atoms with Gasteiger partial charge in [0.2, 0.25) is 0 Å². The molecule has 0 spiro atoms. The zero-order chi connectivity index (χ0) is 20.5. The van der Waals surface area contributed by atoms with Crippen LogP contribution in [0.5, 0.6) is 11.5 Å². The van der Waals surface area contributed by atoms with Gasteiger partial charge in [-0.2, -0.15) is 5.10 Å². The van der Waals surface area contributed by atoms with Crippen LogP contribution in [0.15, 0.2) is 89.0 Å². The van der Waals surface area contributed by atoms with Crippen LogP contribution in [0.2, 0.25) is 0 Å². The lowest BCUT2D eigenvalue weighted by Gasteiger charge is -2.07. The van der Waals surface area contributed by atoms with Crippen LogP contribution >= 0.6 is 0 Å². The highest BCUT2D eigenvalue weighted by Gasteiger charge is 2.07. The maximum absolute atomic E-state index is 12.3. The van der Waals surface area contributed by atoms with Gasteiger partial charge in [-0.25, -0.2) is 10.4 Å². The summed E-state index contributed by atoms with van der Waals surface area (Å²) in [4.78, 5) is 16.8. The summed E-state index contributed by atoms with van der Waals surface area (Å²) in [5, 5.41) is 4.22. The fourth-order valence-corrected chi connectivity index (χ4v) is 2.58. The summed E-state index contributed by atoms with van der Waals surface area (Å²) in [5.41, 5.74) is 4.67. The topological polar surface area (TPSA) is 72.3 Å². The Morgan fingerprint density at radius 2 is 1.45 bits per heavy atom. The lowest BCUT2D eigenvalue weighted by atomic mass is 10.2. The van der Waals surface area contributed by atoms with Gasteiger partial charge >= 0.3 is 0 Å². The number of nitrogens with one attached hydrogen (secondary N) is 1. The Morgan fingerprint density at radius 1 is 0.828 bits per heavy atom. The molecule has 0 fully saturated rings. The van der Waals surface area contributed by atoms with Crippen molar-refractivity contribution >= 4 is 18.0 Å². The van der Waals surface area contributed by atoms with Gasteiger partial charge in [-0.05, 0) is 35.9 Å². The van der Waals surface area contributed by atoms with Crippen LogP contribution in [0.4, 0.5) is 0 Å². The number of carbonyl (C=O) groups excluding carboxylic acids is 1. The van der Waals surface area contributed by atoms with Crippen LogP contribution < -0.4 is 14.9 Å². The third-order valence-corrected chi connectivity index (χ3v) is 4.07. The van der Waals surface area contributed by atoms with E-state index in [0.717, 1.165) is 11.1 Å². The molecular weight excluding hydrogens is 366 g/mol. The lowest BCUT2D eigenvalue weighted by molar-refractivity contribution is 0.0955. The minimum Gasteiger partial charge on any atom is -0.493 e. The molecule has 0 radical (unpaired) electrons. The van der Waals surface area contributed by atoms with E-state index < -0.39 is 0 Å². The van der Waals surface area contributed by atoms with E-state index in [4.69, 9.17) is 9.47 Å². The Kier molecular flexibility index (Phi) is 6.73. The molecule has 0 aliphatic heterocycles. The van der Waals surface area contributed by atoms with Gasteiger partial charge in [-0.3, -0.25) is 4.79 Å². The number of ether oxygens (including phenoxy) is 2. The summed E-state index contributed by atoms with van der Waals surface area (Å²) >= 11 is 0. The molecule has 0 saturated heterocycles. The SMILES string of the molecule is COc1ccc(C=NC(=NNC(=O)c2ccccc2)c2ccccc2)cc1OC. The average Bonchev–Trinajstić information content (AvgIpc) is 2.79. The van der Waals surface area contributed by atoms with Crippen molar-refractivity contribution in [1.82, 2.24) is 5.43 Å². The van der Waals surface area contributed by atoms with Gasteiger partial charge in [0.05, 0.1) is 14.2 Å². The van der Waals surface area contributed by atoms with Crippen LogP contribution in [0.1, 0.15) is 21.5 Å². The summed E-state index contributed by atoms with van der Waals surface area (Å²) in [5.74, 6) is 1.31. The van der Waals surface area contributed by atoms with Crippen molar-refractivity contribution in [2.45, 2.75) is 0 Å². The first-order valence-corrected chi connectivity index (χ1v) is 8.96. The molecule has 3 aromatic carbocycles. The number of hydrogen-bond donors (Lipinski definition) is 1. The monoisotopic (exact) mass is 387 g/mol. The molecular formula is C23H21N3O3. The molecule has 1 amide bonds. The first-order valence-electron chi connectivity index (χ1n) is 8.96. The highest BCUT2D eigenvalue weighted by atomic mass is 16.5. The fourth-order valence-electron chi connectivity index (χ4n) is 2.58. The van der Waals surface area contributed by atoms with Gasteiger partial charge < -0.3 is 9.47 Å². The maximum Gasteiger partial charge on any atom is 0.271 e. The summed E-state index contributed by atoms with van der Waals surface area (Å²) < 4.78 is 10.6. The zero-order valence-electron chi connectivity index (χ0n) is 16.2. The first-order chi connectivity index (χ1) is 14.2. The number of aliphatic imine (C=N–C) groups is 1. The summed E-state index contributed by atoms with van der Waals surface area (Å²) in [7, 11) is 3.16. The molecule has 0 aromatic heterocycles. The van der Waals surface area contributed by atoms with Gasteiger partial charge in [-0.1, -0.05) is 48.5 Å². The van der Waals surface area contributed by atoms with Crippen molar-refractivity contribution in [3.05, 3.63) is 95.6 Å². The smallest absolute Gasteiger partial charge is 0.271 e. The molecule has 146 valence electrons. The average molecular weight is 387 g/mol. The molecule has 0 aliphatic rings. The number of hydrazone groups is 1. The van der Waals surface area contributed by atoms with E-state index in [0.29, 0.717) is 22.9 Å². The molecule has 3 rings (SSSR count). The summed E-state index contributed by atoms with van der Waals surface area (Å²) in [6, 6.07) is 23.8. The molecule has 0 atom stereocenters. The Hall–Kier alpha value is -3.93. The molecule has 29 heavy (non-hydrogen) atoms. The van der Waals surface area contributed by atoms with Crippen molar-refractivity contribution in [3.63, 3.8) is 0 Å². The van der Waals surface area contributed by atoms with Gasteiger partial charge in [0.15, 0.2) is 17.3 Å². The number of methoxy groups -OCH3 is 2. The Balaban J connectivity index is 1.86. The van der Waals surface area contributed by atoms with Crippen LogP contribution in [0.25, 0.3) is 0 Å². The highest BCUT2D eigenvalue weighted by molar-refractivity contribution is 6.06. The molecule has 6 nitrogen and oxygen atoms in total. The summed E-state index contributed by atoms with van der Waals surface area (Å²) in [6.07, 6.45) is 1.66. The number of hydrogen-bond acceptors (Lipinski definition) is 4. The molecule has 1 N–H and O–H groups in total. The molecule has 0 saturated carbocycles. The van der Waals surface area contributed by atoms with E-state index in [-0.39, 0.29) is 5.91 Å². The van der Waals surface area contributed by atoms with Crippen molar-refractivity contribution in [2.75, 3.05) is 14.2 Å². The van der Waals surface area contributed by atoms with Crippen molar-refractivity contribution in [2.24, 2.45) is 10.1 Å². The minimum absolute atomic E-state index is 0.305. The van der Waals surface area contributed by atoms with Crippen molar-refractivity contribution in [1.29, 1.82) is 0 Å². The molecule has 0 unspecified atom stereocenters. The summed E-state index contributed by atoms with van der Waals surface area (Å²) in [6.45, 7) is 0. The predicted molar refractivity (Wildman–Crippen MR) is 114 cm³/mol. The van der Waals surface area contributed by atoms with Crippen LogP contribution in [0.3, 0.4) is 0 Å². The molecule has 0 aliphatic carbocycles. The Bertz CT molecular complexity index is 1020. The van der Waals surface area contributed by atoms with E-state index in [9.17, 15) is 4.79 Å². The third-order valence-electron chi connectivity index (χ3n) is 4.07. The zero-order valence-corrected chi connectivity index (χ0v) is 16.2. The molecule has 0 bridgehead atoms. The molecule has 6 heteroatoms. The fraction of sp³-hybridized carbons (Fsp3) is 0.0870. The third kappa shape index (κ3) is 5.29. The minimum atomic E-state index is -0.305. The standard InChI is InChI=1S/C23H21N3O3/c1-28-20-14-13-17(15-21(20)29-2)16-24-22(18-9-5-3-6-10-18)25-26-23(27)19-11-7-4-8-12-19/h3-16H,1-2H3,(H,26,27). The molecule has 0 heterocycles. The number of benzene rings is 3. The largest absolute Gasteiger partial charge is 0.493 e. The predicted octanol–water partition coefficient (Wildman–Crippen LogP) is 3.91. The van der Waals surface area contributed by atoms with E-state index in [1.165, 1.54) is 0 Å². The van der Waals surface area contributed by atoms with E-state index in [1.54, 1.807) is 50.8 Å². The quantitative estimate of drug-likeness (QED) is 0.396. The van der Waals surface area contributed by atoms with Gasteiger partial charge in [0, 0.05) is 17.3 Å². The number of nitrogens with zero attached hydrogens (tertiary/aromatic N) is 2. The Morgan fingerprint density at radius 3 is 2.07 bits per heavy atom. The van der Waals surface area contributed by atoms with Crippen LogP contribution in [-0.2, 0) is 0 Å². The molecule has 3 aromatic rings. The van der Waals surface area contributed by atoms with Crippen molar-refractivity contribution < 1.29 is 14.3 Å². The second-order valence-corrected chi connectivity index (χ2v) is 5.98. The van der Waals surface area contributed by atoms with E-state index in [2.05, 4.69) is 15.5 Å². The number of carbonyl (C=O) groups is 1.